The van der Waals surface area contributed by atoms with Crippen molar-refractivity contribution in [2.75, 3.05) is 31.6 Å². The van der Waals surface area contributed by atoms with Crippen LogP contribution in [-0.2, 0) is 4.74 Å². The molecule has 0 saturated carbocycles. The zero-order valence-corrected chi connectivity index (χ0v) is 13.9. The quantitative estimate of drug-likeness (QED) is 0.883. The summed E-state index contributed by atoms with van der Waals surface area (Å²) in [5.41, 5.74) is 1.89. The van der Waals surface area contributed by atoms with Gasteiger partial charge in [0.15, 0.2) is 0 Å². The number of anilines is 1. The molecule has 7 heteroatoms. The number of carbonyl (C=O) groups excluding carboxylic acids is 2. The van der Waals surface area contributed by atoms with Crippen molar-refractivity contribution in [3.63, 3.8) is 0 Å². The van der Waals surface area contributed by atoms with Gasteiger partial charge in [0.25, 0.3) is 11.8 Å². The van der Waals surface area contributed by atoms with E-state index in [0.29, 0.717) is 48.7 Å². The molecule has 3 rings (SSSR count). The second-order valence-corrected chi connectivity index (χ2v) is 5.78. The molecule has 2 heterocycles. The van der Waals surface area contributed by atoms with Crippen LogP contribution in [0, 0.1) is 6.92 Å². The number of pyridine rings is 1. The van der Waals surface area contributed by atoms with E-state index in [0.717, 1.165) is 0 Å². The van der Waals surface area contributed by atoms with Crippen LogP contribution in [0.1, 0.15) is 26.3 Å². The van der Waals surface area contributed by atoms with Gasteiger partial charge in [-0.25, -0.2) is 0 Å². The number of hydrogen-bond donors (Lipinski definition) is 2. The first-order valence-electron chi connectivity index (χ1n) is 8.03. The maximum atomic E-state index is 12.7. The van der Waals surface area contributed by atoms with Crippen molar-refractivity contribution in [1.82, 2.24) is 9.88 Å². The lowest BCUT2D eigenvalue weighted by Crippen LogP contribution is -2.41. The molecular weight excluding hydrogens is 322 g/mol. The summed E-state index contributed by atoms with van der Waals surface area (Å²) in [6, 6.07) is 7.98. The van der Waals surface area contributed by atoms with Gasteiger partial charge in [0.2, 0.25) is 5.56 Å². The molecule has 1 aromatic heterocycles. The molecular formula is C18H19N3O4. The van der Waals surface area contributed by atoms with Gasteiger partial charge in [-0.2, -0.15) is 0 Å². The summed E-state index contributed by atoms with van der Waals surface area (Å²) < 4.78 is 5.27. The van der Waals surface area contributed by atoms with Crippen LogP contribution in [0.4, 0.5) is 5.69 Å². The maximum absolute atomic E-state index is 12.7. The molecule has 1 aliphatic heterocycles. The van der Waals surface area contributed by atoms with Crippen molar-refractivity contribution in [2.45, 2.75) is 6.92 Å². The molecule has 7 nitrogen and oxygen atoms in total. The van der Waals surface area contributed by atoms with E-state index in [2.05, 4.69) is 10.3 Å². The Labute approximate surface area is 144 Å². The number of carbonyl (C=O) groups is 2. The van der Waals surface area contributed by atoms with Gasteiger partial charge >= 0.3 is 0 Å². The molecule has 2 amide bonds. The van der Waals surface area contributed by atoms with E-state index < -0.39 is 0 Å². The van der Waals surface area contributed by atoms with Gasteiger partial charge in [-0.15, -0.1) is 0 Å². The van der Waals surface area contributed by atoms with E-state index in [-0.39, 0.29) is 17.4 Å². The highest BCUT2D eigenvalue weighted by Gasteiger charge is 2.21. The summed E-state index contributed by atoms with van der Waals surface area (Å²) >= 11 is 0. The molecule has 0 radical (unpaired) electrons. The summed E-state index contributed by atoms with van der Waals surface area (Å²) in [7, 11) is 0. The standard InChI is InChI=1S/C18H19N3O4/c1-12-14(18(24)21-7-9-25-10-8-21)3-2-4-15(12)20-17(23)13-5-6-16(22)19-11-13/h2-6,11H,7-10H2,1H3,(H,19,22)(H,20,23). The van der Waals surface area contributed by atoms with Crippen molar-refractivity contribution < 1.29 is 14.3 Å². The average molecular weight is 341 g/mol. The molecule has 25 heavy (non-hydrogen) atoms. The maximum Gasteiger partial charge on any atom is 0.257 e. The minimum atomic E-state index is -0.352. The topological polar surface area (TPSA) is 91.5 Å². The first kappa shape index (κ1) is 16.9. The molecule has 2 N–H and O–H groups in total. The van der Waals surface area contributed by atoms with Crippen molar-refractivity contribution >= 4 is 17.5 Å². The van der Waals surface area contributed by atoms with Crippen LogP contribution in [0.15, 0.2) is 41.3 Å². The van der Waals surface area contributed by atoms with Crippen molar-refractivity contribution in [1.29, 1.82) is 0 Å². The van der Waals surface area contributed by atoms with Crippen molar-refractivity contribution in [2.24, 2.45) is 0 Å². The number of benzene rings is 1. The largest absolute Gasteiger partial charge is 0.378 e. The molecule has 0 aliphatic carbocycles. The van der Waals surface area contributed by atoms with E-state index in [4.69, 9.17) is 4.74 Å². The van der Waals surface area contributed by atoms with Gasteiger partial charge in [-0.1, -0.05) is 6.07 Å². The fourth-order valence-electron chi connectivity index (χ4n) is 2.69. The first-order chi connectivity index (χ1) is 12.1. The van der Waals surface area contributed by atoms with E-state index in [1.807, 2.05) is 0 Å². The predicted octanol–water partition coefficient (Wildman–Crippen LogP) is 1.41. The lowest BCUT2D eigenvalue weighted by molar-refractivity contribution is 0.0302. The van der Waals surface area contributed by atoms with E-state index >= 15 is 0 Å². The molecule has 2 aromatic rings. The van der Waals surface area contributed by atoms with Crippen LogP contribution < -0.4 is 10.9 Å². The second-order valence-electron chi connectivity index (χ2n) is 5.78. The first-order valence-corrected chi connectivity index (χ1v) is 8.03. The van der Waals surface area contributed by atoms with E-state index in [9.17, 15) is 14.4 Å². The summed E-state index contributed by atoms with van der Waals surface area (Å²) in [4.78, 5) is 40.3. The molecule has 130 valence electrons. The smallest absolute Gasteiger partial charge is 0.257 e. The molecule has 1 saturated heterocycles. The fraction of sp³-hybridized carbons (Fsp3) is 0.278. The SMILES string of the molecule is Cc1c(NC(=O)c2ccc(=O)[nH]c2)cccc1C(=O)N1CCOCC1. The lowest BCUT2D eigenvalue weighted by atomic mass is 10.0. The summed E-state index contributed by atoms with van der Waals surface area (Å²) in [6.07, 6.45) is 1.36. The number of morpholine rings is 1. The molecule has 0 atom stereocenters. The van der Waals surface area contributed by atoms with Gasteiger partial charge in [-0.3, -0.25) is 14.4 Å². The molecule has 0 bridgehead atoms. The van der Waals surface area contributed by atoms with Crippen LogP contribution in [-0.4, -0.2) is 48.0 Å². The Bertz CT molecular complexity index is 833. The predicted molar refractivity (Wildman–Crippen MR) is 92.9 cm³/mol. The number of aromatic amines is 1. The number of H-pyrrole nitrogens is 1. The van der Waals surface area contributed by atoms with Crippen LogP contribution in [0.25, 0.3) is 0 Å². The minimum absolute atomic E-state index is 0.0686. The van der Waals surface area contributed by atoms with E-state index in [1.165, 1.54) is 18.3 Å². The highest BCUT2D eigenvalue weighted by molar-refractivity contribution is 6.05. The van der Waals surface area contributed by atoms with Gasteiger partial charge in [0.1, 0.15) is 0 Å². The number of aromatic nitrogens is 1. The third kappa shape index (κ3) is 3.77. The zero-order valence-electron chi connectivity index (χ0n) is 13.9. The van der Waals surface area contributed by atoms with Crippen LogP contribution in [0.2, 0.25) is 0 Å². The van der Waals surface area contributed by atoms with Gasteiger partial charge in [0.05, 0.1) is 18.8 Å². The van der Waals surface area contributed by atoms with Crippen LogP contribution in [0.3, 0.4) is 0 Å². The van der Waals surface area contributed by atoms with Gasteiger partial charge in [0, 0.05) is 36.6 Å². The second kappa shape index (κ2) is 7.31. The van der Waals surface area contributed by atoms with E-state index in [1.54, 1.807) is 30.0 Å². The molecule has 1 aromatic carbocycles. The molecule has 1 aliphatic rings. The van der Waals surface area contributed by atoms with Gasteiger partial charge in [-0.05, 0) is 30.7 Å². The number of rotatable bonds is 3. The number of ether oxygens (including phenoxy) is 1. The summed E-state index contributed by atoms with van der Waals surface area (Å²) in [6.45, 7) is 4.00. The Kier molecular flexibility index (Phi) is 4.95. The highest BCUT2D eigenvalue weighted by Crippen LogP contribution is 2.21. The van der Waals surface area contributed by atoms with Crippen LogP contribution >= 0.6 is 0 Å². The molecule has 1 fully saturated rings. The Hall–Kier alpha value is -2.93. The number of nitrogens with zero attached hydrogens (tertiary/aromatic N) is 1. The Balaban J connectivity index is 1.80. The third-order valence-corrected chi connectivity index (χ3v) is 4.16. The molecule has 0 unspecified atom stereocenters. The number of nitrogens with one attached hydrogen (secondary N) is 2. The zero-order chi connectivity index (χ0) is 17.8. The van der Waals surface area contributed by atoms with Crippen LogP contribution in [0.5, 0.6) is 0 Å². The molecule has 0 spiro atoms. The third-order valence-electron chi connectivity index (χ3n) is 4.16. The number of hydrogen-bond acceptors (Lipinski definition) is 4. The Morgan fingerprint density at radius 2 is 1.92 bits per heavy atom. The average Bonchev–Trinajstić information content (AvgIpc) is 2.64. The normalized spacial score (nSPS) is 14.2. The van der Waals surface area contributed by atoms with Gasteiger partial charge < -0.3 is 19.9 Å². The van der Waals surface area contributed by atoms with Crippen molar-refractivity contribution in [3.8, 4) is 0 Å². The van der Waals surface area contributed by atoms with Crippen molar-refractivity contribution in [3.05, 3.63) is 63.6 Å². The summed E-state index contributed by atoms with van der Waals surface area (Å²) in [5, 5.41) is 2.79. The Morgan fingerprint density at radius 1 is 1.16 bits per heavy atom. The highest BCUT2D eigenvalue weighted by atomic mass is 16.5. The minimum Gasteiger partial charge on any atom is -0.378 e. The lowest BCUT2D eigenvalue weighted by Gasteiger charge is -2.27. The number of amides is 2. The fourth-order valence-corrected chi connectivity index (χ4v) is 2.69. The monoisotopic (exact) mass is 341 g/mol. The summed E-state index contributed by atoms with van der Waals surface area (Å²) in [5.74, 6) is -0.420. The Morgan fingerprint density at radius 3 is 2.60 bits per heavy atom.